The maximum absolute atomic E-state index is 8.40. The Morgan fingerprint density at radius 3 is 2.86 bits per heavy atom. The predicted octanol–water partition coefficient (Wildman–Crippen LogP) is -0.910. The molecule has 0 saturated carbocycles. The van der Waals surface area contributed by atoms with Crippen molar-refractivity contribution < 1.29 is 4.80 Å². The van der Waals surface area contributed by atoms with Gasteiger partial charge in [-0.3, -0.25) is 0 Å². The third kappa shape index (κ3) is 6.14. The van der Waals surface area contributed by atoms with E-state index in [0.29, 0.717) is 0 Å². The van der Waals surface area contributed by atoms with Crippen LogP contribution in [0.25, 0.3) is 0 Å². The molecule has 0 saturated heterocycles. The van der Waals surface area contributed by atoms with E-state index in [1.165, 1.54) is 0 Å². The minimum atomic E-state index is -0.646. The van der Waals surface area contributed by atoms with Crippen LogP contribution in [0.1, 0.15) is 6.42 Å². The van der Waals surface area contributed by atoms with Crippen molar-refractivity contribution >= 4 is 9.76 Å². The molecule has 0 aliphatic heterocycles. The zero-order chi connectivity index (χ0) is 5.54. The second kappa shape index (κ2) is 6.14. The van der Waals surface area contributed by atoms with E-state index in [2.05, 4.69) is 5.32 Å². The van der Waals surface area contributed by atoms with Gasteiger partial charge in [0.15, 0.2) is 9.76 Å². The van der Waals surface area contributed by atoms with Crippen LogP contribution in [0.2, 0.25) is 6.04 Å². The van der Waals surface area contributed by atoms with E-state index in [4.69, 9.17) is 4.80 Å². The summed E-state index contributed by atoms with van der Waals surface area (Å²) in [6.45, 7) is 1.05. The minimum Gasteiger partial charge on any atom is -0.438 e. The summed E-state index contributed by atoms with van der Waals surface area (Å²) in [7, 11) is 1.28. The maximum atomic E-state index is 8.40. The molecule has 44 valence electrons. The molecule has 0 aliphatic rings. The Balaban J connectivity index is 2.45. The monoisotopic (exact) mass is 119 g/mol. The van der Waals surface area contributed by atoms with Crippen LogP contribution >= 0.6 is 0 Å². The molecule has 0 aromatic rings. The molecular formula is C4H13NOSi. The second-order valence-corrected chi connectivity index (χ2v) is 2.69. The number of rotatable bonds is 4. The summed E-state index contributed by atoms with van der Waals surface area (Å²) in [5.41, 5.74) is 0. The van der Waals surface area contributed by atoms with Gasteiger partial charge in [0.05, 0.1) is 0 Å². The van der Waals surface area contributed by atoms with Gasteiger partial charge in [0, 0.05) is 0 Å². The highest BCUT2D eigenvalue weighted by molar-refractivity contribution is 6.25. The van der Waals surface area contributed by atoms with E-state index in [-0.39, 0.29) is 0 Å². The van der Waals surface area contributed by atoms with Crippen molar-refractivity contribution in [2.45, 2.75) is 12.5 Å². The fourth-order valence-corrected chi connectivity index (χ4v) is 0.887. The first-order valence-corrected chi connectivity index (χ1v) is 4.30. The molecule has 0 radical (unpaired) electrons. The van der Waals surface area contributed by atoms with Crippen LogP contribution in [-0.4, -0.2) is 28.2 Å². The molecule has 0 atom stereocenters. The summed E-state index contributed by atoms with van der Waals surface area (Å²) >= 11 is 0. The van der Waals surface area contributed by atoms with E-state index < -0.39 is 9.76 Å². The van der Waals surface area contributed by atoms with E-state index in [1.54, 1.807) is 0 Å². The van der Waals surface area contributed by atoms with Crippen LogP contribution in [0.5, 0.6) is 0 Å². The SMILES string of the molecule is CNCCC[SiH2]O. The molecule has 0 spiro atoms. The molecule has 2 nitrogen and oxygen atoms in total. The lowest BCUT2D eigenvalue weighted by molar-refractivity contribution is 0.593. The lowest BCUT2D eigenvalue weighted by Crippen LogP contribution is -2.07. The largest absolute Gasteiger partial charge is 0.438 e. The Morgan fingerprint density at radius 1 is 1.71 bits per heavy atom. The van der Waals surface area contributed by atoms with Gasteiger partial charge in [-0.2, -0.15) is 0 Å². The van der Waals surface area contributed by atoms with Gasteiger partial charge in [-0.15, -0.1) is 0 Å². The van der Waals surface area contributed by atoms with Gasteiger partial charge in [-0.25, -0.2) is 0 Å². The third-order valence-electron chi connectivity index (χ3n) is 0.835. The first-order valence-electron chi connectivity index (χ1n) is 2.67. The Kier molecular flexibility index (Phi) is 6.26. The van der Waals surface area contributed by atoms with Gasteiger partial charge in [0.2, 0.25) is 0 Å². The summed E-state index contributed by atoms with van der Waals surface area (Å²) in [4.78, 5) is 8.40. The Labute approximate surface area is 46.9 Å². The topological polar surface area (TPSA) is 32.3 Å². The Hall–Kier alpha value is 0.137. The van der Waals surface area contributed by atoms with E-state index in [1.807, 2.05) is 7.05 Å². The molecule has 0 bridgehead atoms. The quantitative estimate of drug-likeness (QED) is 0.371. The van der Waals surface area contributed by atoms with Crippen LogP contribution in [0.15, 0.2) is 0 Å². The predicted molar refractivity (Wildman–Crippen MR) is 34.1 cm³/mol. The smallest absolute Gasteiger partial charge is 0.156 e. The average Bonchev–Trinajstić information content (AvgIpc) is 1.69. The lowest BCUT2D eigenvalue weighted by atomic mass is 10.5. The first-order chi connectivity index (χ1) is 3.41. The van der Waals surface area contributed by atoms with Crippen LogP contribution in [0.4, 0.5) is 0 Å². The van der Waals surface area contributed by atoms with Crippen LogP contribution in [-0.2, 0) is 0 Å². The van der Waals surface area contributed by atoms with Crippen molar-refractivity contribution in [3.63, 3.8) is 0 Å². The van der Waals surface area contributed by atoms with Crippen molar-refractivity contribution in [2.75, 3.05) is 13.6 Å². The molecule has 2 N–H and O–H groups in total. The number of nitrogens with one attached hydrogen (secondary N) is 1. The summed E-state index contributed by atoms with van der Waals surface area (Å²) in [6, 6.07) is 1.06. The minimum absolute atomic E-state index is 0.646. The van der Waals surface area contributed by atoms with Gasteiger partial charge in [-0.1, -0.05) is 0 Å². The standard InChI is InChI=1S/C4H13NOSi/c1-5-3-2-4-7-6/h5-6H,2-4,7H2,1H3. The molecule has 0 aromatic heterocycles. The highest BCUT2D eigenvalue weighted by Gasteiger charge is 1.81. The average molecular weight is 119 g/mol. The normalized spacial score (nSPS) is 11.1. The summed E-state index contributed by atoms with van der Waals surface area (Å²) in [6.07, 6.45) is 1.14. The van der Waals surface area contributed by atoms with E-state index in [9.17, 15) is 0 Å². The molecular weight excluding hydrogens is 106 g/mol. The van der Waals surface area contributed by atoms with Gasteiger partial charge >= 0.3 is 0 Å². The first kappa shape index (κ1) is 7.14. The van der Waals surface area contributed by atoms with E-state index in [0.717, 1.165) is 19.0 Å². The van der Waals surface area contributed by atoms with Crippen molar-refractivity contribution in [1.82, 2.24) is 5.32 Å². The molecule has 0 fully saturated rings. The van der Waals surface area contributed by atoms with Gasteiger partial charge < -0.3 is 10.1 Å². The highest BCUT2D eigenvalue weighted by Crippen LogP contribution is 1.81. The van der Waals surface area contributed by atoms with Crippen LogP contribution < -0.4 is 5.32 Å². The fourth-order valence-electron chi connectivity index (χ4n) is 0.414. The van der Waals surface area contributed by atoms with Crippen molar-refractivity contribution in [3.8, 4) is 0 Å². The third-order valence-corrected chi connectivity index (χ3v) is 1.65. The molecule has 0 amide bonds. The highest BCUT2D eigenvalue weighted by atomic mass is 28.2. The molecule has 3 heteroatoms. The van der Waals surface area contributed by atoms with Crippen molar-refractivity contribution in [3.05, 3.63) is 0 Å². The van der Waals surface area contributed by atoms with Crippen molar-refractivity contribution in [1.29, 1.82) is 0 Å². The van der Waals surface area contributed by atoms with Gasteiger partial charge in [0.25, 0.3) is 0 Å². The number of hydrogen-bond acceptors (Lipinski definition) is 2. The Morgan fingerprint density at radius 2 is 2.43 bits per heavy atom. The summed E-state index contributed by atoms with van der Waals surface area (Å²) in [5.74, 6) is 0. The molecule has 0 heterocycles. The van der Waals surface area contributed by atoms with Crippen LogP contribution in [0, 0.1) is 0 Å². The van der Waals surface area contributed by atoms with Gasteiger partial charge in [0.1, 0.15) is 0 Å². The molecule has 7 heavy (non-hydrogen) atoms. The summed E-state index contributed by atoms with van der Waals surface area (Å²) in [5, 5.41) is 3.01. The van der Waals surface area contributed by atoms with Gasteiger partial charge in [-0.05, 0) is 26.1 Å². The Bertz CT molecular complexity index is 30.9. The van der Waals surface area contributed by atoms with Crippen molar-refractivity contribution in [2.24, 2.45) is 0 Å². The number of hydrogen-bond donors (Lipinski definition) is 2. The molecule has 0 rings (SSSR count). The molecule has 0 aromatic carbocycles. The maximum Gasteiger partial charge on any atom is 0.156 e. The second-order valence-electron chi connectivity index (χ2n) is 1.53. The molecule has 0 aliphatic carbocycles. The van der Waals surface area contributed by atoms with E-state index >= 15 is 0 Å². The van der Waals surface area contributed by atoms with Crippen LogP contribution in [0.3, 0.4) is 0 Å². The molecule has 0 unspecified atom stereocenters. The zero-order valence-electron chi connectivity index (χ0n) is 4.78. The lowest BCUT2D eigenvalue weighted by Gasteiger charge is -1.92. The zero-order valence-corrected chi connectivity index (χ0v) is 6.19. The fraction of sp³-hybridized carbons (Fsp3) is 1.00. The summed E-state index contributed by atoms with van der Waals surface area (Å²) < 4.78 is 0.